The number of piperazine rings is 1. The molecular formula is C15H31F3IN5O2S. The Bertz CT molecular complexity index is 566. The average Bonchev–Trinajstić information content (AvgIpc) is 2.56. The van der Waals surface area contributed by atoms with Crippen molar-refractivity contribution in [1.82, 2.24) is 19.4 Å². The molecule has 1 fully saturated rings. The lowest BCUT2D eigenvalue weighted by atomic mass is 10.2. The maximum atomic E-state index is 12.8. The van der Waals surface area contributed by atoms with E-state index >= 15 is 0 Å². The number of halogens is 4. The van der Waals surface area contributed by atoms with Crippen LogP contribution in [0.15, 0.2) is 4.99 Å². The van der Waals surface area contributed by atoms with Gasteiger partial charge in [0.2, 0.25) is 10.0 Å². The number of aliphatic imine (C=N–C) groups is 1. The third-order valence-corrected chi connectivity index (χ3v) is 5.91. The molecule has 0 aliphatic carbocycles. The molecule has 0 bridgehead atoms. The highest BCUT2D eigenvalue weighted by molar-refractivity contribution is 14.0. The minimum atomic E-state index is -4.22. The van der Waals surface area contributed by atoms with E-state index in [1.54, 1.807) is 14.0 Å². The van der Waals surface area contributed by atoms with Gasteiger partial charge in [0.15, 0.2) is 5.96 Å². The van der Waals surface area contributed by atoms with Crippen molar-refractivity contribution < 1.29 is 21.6 Å². The van der Waals surface area contributed by atoms with Crippen LogP contribution in [-0.4, -0.2) is 99.8 Å². The van der Waals surface area contributed by atoms with E-state index in [2.05, 4.69) is 10.3 Å². The van der Waals surface area contributed by atoms with Gasteiger partial charge in [-0.1, -0.05) is 6.92 Å². The van der Waals surface area contributed by atoms with Crippen LogP contribution in [0, 0.1) is 0 Å². The first-order chi connectivity index (χ1) is 12.0. The third kappa shape index (κ3) is 8.69. The van der Waals surface area contributed by atoms with Crippen LogP contribution in [-0.2, 0) is 10.0 Å². The standard InChI is InChI=1S/C15H30F3N5O2S.HI/c1-5-23(26(4,24)25)8-6-7-20-14(19-3)22-11-9-21(10-12-22)13(2)15(16,17)18;/h13H,5-12H2,1-4H3,(H,19,20);1H. The Morgan fingerprint density at radius 1 is 1.26 bits per heavy atom. The number of hydrogen-bond donors (Lipinski definition) is 1. The normalized spacial score (nSPS) is 18.4. The van der Waals surface area contributed by atoms with Gasteiger partial charge in [0, 0.05) is 52.9 Å². The summed E-state index contributed by atoms with van der Waals surface area (Å²) in [6, 6.07) is -1.45. The Labute approximate surface area is 177 Å². The van der Waals surface area contributed by atoms with Crippen LogP contribution in [0.25, 0.3) is 0 Å². The minimum absolute atomic E-state index is 0. The number of nitrogens with zero attached hydrogens (tertiary/aromatic N) is 4. The highest BCUT2D eigenvalue weighted by atomic mass is 127. The second-order valence-corrected chi connectivity index (χ2v) is 8.31. The summed E-state index contributed by atoms with van der Waals surface area (Å²) in [7, 11) is -1.57. The van der Waals surface area contributed by atoms with E-state index in [0.29, 0.717) is 58.2 Å². The number of rotatable bonds is 7. The number of guanidine groups is 1. The van der Waals surface area contributed by atoms with Crippen molar-refractivity contribution in [1.29, 1.82) is 0 Å². The molecule has 12 heteroatoms. The van der Waals surface area contributed by atoms with Crippen LogP contribution in [0.3, 0.4) is 0 Å². The number of hydrogen-bond acceptors (Lipinski definition) is 4. The zero-order chi connectivity index (χ0) is 20.0. The largest absolute Gasteiger partial charge is 0.403 e. The van der Waals surface area contributed by atoms with Gasteiger partial charge in [0.05, 0.1) is 6.26 Å². The van der Waals surface area contributed by atoms with Gasteiger partial charge in [-0.05, 0) is 13.3 Å². The maximum absolute atomic E-state index is 12.8. The van der Waals surface area contributed by atoms with E-state index in [1.165, 1.54) is 22.4 Å². The van der Waals surface area contributed by atoms with Crippen molar-refractivity contribution in [2.75, 3.05) is 59.1 Å². The lowest BCUT2D eigenvalue weighted by Gasteiger charge is -2.39. The van der Waals surface area contributed by atoms with Crippen LogP contribution >= 0.6 is 24.0 Å². The van der Waals surface area contributed by atoms with Crippen LogP contribution in [0.5, 0.6) is 0 Å². The highest BCUT2D eigenvalue weighted by Crippen LogP contribution is 2.25. The van der Waals surface area contributed by atoms with Crippen molar-refractivity contribution in [2.45, 2.75) is 32.5 Å². The molecule has 1 saturated heterocycles. The zero-order valence-corrected chi connectivity index (χ0v) is 19.4. The van der Waals surface area contributed by atoms with Crippen molar-refractivity contribution in [3.8, 4) is 0 Å². The van der Waals surface area contributed by atoms with Crippen molar-refractivity contribution >= 4 is 40.0 Å². The lowest BCUT2D eigenvalue weighted by Crippen LogP contribution is -2.56. The second-order valence-electron chi connectivity index (χ2n) is 6.32. The van der Waals surface area contributed by atoms with Gasteiger partial charge >= 0.3 is 6.18 Å². The fourth-order valence-corrected chi connectivity index (χ4v) is 3.80. The summed E-state index contributed by atoms with van der Waals surface area (Å²) >= 11 is 0. The molecule has 1 rings (SSSR count). The SMILES string of the molecule is CCN(CCCNC(=NC)N1CCN(C(C)C(F)(F)F)CC1)S(C)(=O)=O.I. The average molecular weight is 529 g/mol. The summed E-state index contributed by atoms with van der Waals surface area (Å²) in [5, 5.41) is 3.16. The van der Waals surface area contributed by atoms with Crippen molar-refractivity contribution in [3.05, 3.63) is 0 Å². The summed E-state index contributed by atoms with van der Waals surface area (Å²) in [6.07, 6.45) is -2.41. The summed E-state index contributed by atoms with van der Waals surface area (Å²) in [4.78, 5) is 7.52. The molecule has 0 aromatic rings. The highest BCUT2D eigenvalue weighted by Gasteiger charge is 2.41. The molecule has 0 spiro atoms. The maximum Gasteiger partial charge on any atom is 0.403 e. The molecular weight excluding hydrogens is 498 g/mol. The Morgan fingerprint density at radius 3 is 2.22 bits per heavy atom. The molecule has 1 heterocycles. The third-order valence-electron chi connectivity index (χ3n) is 4.54. The first-order valence-electron chi connectivity index (χ1n) is 8.72. The van der Waals surface area contributed by atoms with Gasteiger partial charge in [-0.2, -0.15) is 13.2 Å². The summed E-state index contributed by atoms with van der Waals surface area (Å²) in [5.74, 6) is 0.631. The fourth-order valence-electron chi connectivity index (χ4n) is 2.87. The molecule has 0 radical (unpaired) electrons. The van der Waals surface area contributed by atoms with E-state index in [0.717, 1.165) is 0 Å². The summed E-state index contributed by atoms with van der Waals surface area (Å²) in [6.45, 7) is 5.91. The van der Waals surface area contributed by atoms with Gasteiger partial charge in [0.1, 0.15) is 6.04 Å². The molecule has 0 aromatic heterocycles. The Balaban J connectivity index is 0.00000676. The smallest absolute Gasteiger partial charge is 0.356 e. The number of nitrogens with one attached hydrogen (secondary N) is 1. The monoisotopic (exact) mass is 529 g/mol. The van der Waals surface area contributed by atoms with Crippen LogP contribution < -0.4 is 5.32 Å². The van der Waals surface area contributed by atoms with E-state index < -0.39 is 22.2 Å². The summed E-state index contributed by atoms with van der Waals surface area (Å²) < 4.78 is 62.9. The predicted molar refractivity (Wildman–Crippen MR) is 112 cm³/mol. The van der Waals surface area contributed by atoms with E-state index in [9.17, 15) is 21.6 Å². The minimum Gasteiger partial charge on any atom is -0.356 e. The molecule has 0 amide bonds. The fraction of sp³-hybridized carbons (Fsp3) is 0.933. The molecule has 162 valence electrons. The number of sulfonamides is 1. The zero-order valence-electron chi connectivity index (χ0n) is 16.3. The molecule has 1 N–H and O–H groups in total. The van der Waals surface area contributed by atoms with Crippen molar-refractivity contribution in [2.24, 2.45) is 4.99 Å². The predicted octanol–water partition coefficient (Wildman–Crippen LogP) is 1.42. The van der Waals surface area contributed by atoms with Crippen LogP contribution in [0.4, 0.5) is 13.2 Å². The van der Waals surface area contributed by atoms with E-state index in [-0.39, 0.29) is 24.0 Å². The Morgan fingerprint density at radius 2 is 1.81 bits per heavy atom. The van der Waals surface area contributed by atoms with Crippen LogP contribution in [0.1, 0.15) is 20.3 Å². The van der Waals surface area contributed by atoms with E-state index in [4.69, 9.17) is 0 Å². The van der Waals surface area contributed by atoms with Gasteiger partial charge in [0.25, 0.3) is 0 Å². The molecule has 27 heavy (non-hydrogen) atoms. The van der Waals surface area contributed by atoms with Crippen LogP contribution in [0.2, 0.25) is 0 Å². The van der Waals surface area contributed by atoms with Gasteiger partial charge < -0.3 is 10.2 Å². The quantitative estimate of drug-likeness (QED) is 0.234. The Hall–Kier alpha value is -0.340. The number of alkyl halides is 3. The molecule has 0 saturated carbocycles. The topological polar surface area (TPSA) is 68.2 Å². The first kappa shape index (κ1) is 26.7. The summed E-state index contributed by atoms with van der Waals surface area (Å²) in [5.41, 5.74) is 0. The lowest BCUT2D eigenvalue weighted by molar-refractivity contribution is -0.181. The molecule has 1 unspecified atom stereocenters. The first-order valence-corrected chi connectivity index (χ1v) is 10.6. The van der Waals surface area contributed by atoms with Gasteiger partial charge in [-0.25, -0.2) is 12.7 Å². The molecule has 1 aliphatic heterocycles. The Kier molecular flexibility index (Phi) is 11.5. The molecule has 0 aromatic carbocycles. The van der Waals surface area contributed by atoms with Gasteiger partial charge in [-0.15, -0.1) is 24.0 Å². The van der Waals surface area contributed by atoms with Gasteiger partial charge in [-0.3, -0.25) is 9.89 Å². The molecule has 1 atom stereocenters. The van der Waals surface area contributed by atoms with Crippen molar-refractivity contribution in [3.63, 3.8) is 0 Å². The second kappa shape index (κ2) is 11.6. The molecule has 1 aliphatic rings. The van der Waals surface area contributed by atoms with E-state index in [1.807, 2.05) is 4.90 Å². The molecule has 7 nitrogen and oxygen atoms in total.